The van der Waals surface area contributed by atoms with Gasteiger partial charge in [-0.1, -0.05) is 88.8 Å². The van der Waals surface area contributed by atoms with Gasteiger partial charge in [-0.25, -0.2) is 8.42 Å². The van der Waals surface area contributed by atoms with Crippen LogP contribution in [0.4, 0.5) is 0 Å². The molecular weight excluding hydrogens is 453 g/mol. The van der Waals surface area contributed by atoms with Gasteiger partial charge in [0.2, 0.25) is 0 Å². The molecule has 1 heterocycles. The van der Waals surface area contributed by atoms with Crippen molar-refractivity contribution in [1.29, 1.82) is 0 Å². The Hall–Kier alpha value is -0.850. The molecule has 0 aliphatic carbocycles. The Balaban J connectivity index is 0.00000408. The number of aromatic nitrogens is 1. The first kappa shape index (κ1) is 29.4. The van der Waals surface area contributed by atoms with Crippen molar-refractivity contribution in [3.8, 4) is 0 Å². The summed E-state index contributed by atoms with van der Waals surface area (Å²) in [5.74, 6) is 0. The molecule has 182 valence electrons. The predicted octanol–water partition coefficient (Wildman–Crippen LogP) is 4.37. The minimum absolute atomic E-state index is 0. The zero-order valence-corrected chi connectivity index (χ0v) is 24.4. The first-order valence-electron chi connectivity index (χ1n) is 12.8. The molecule has 0 radical (unpaired) electrons. The number of hydrogen-bond acceptors (Lipinski definition) is 3. The van der Waals surface area contributed by atoms with Crippen molar-refractivity contribution in [2.75, 3.05) is 0 Å². The molecule has 0 saturated carbocycles. The average Bonchev–Trinajstić information content (AvgIpc) is 3.12. The van der Waals surface area contributed by atoms with E-state index in [9.17, 15) is 13.0 Å². The van der Waals surface area contributed by atoms with E-state index >= 15 is 0 Å². The molecule has 6 heteroatoms. The third-order valence-electron chi connectivity index (χ3n) is 6.92. The number of benzene rings is 2. The molecule has 0 bridgehead atoms. The van der Waals surface area contributed by atoms with Crippen LogP contribution in [-0.4, -0.2) is 22.8 Å². The summed E-state index contributed by atoms with van der Waals surface area (Å²) >= 11 is 0. The third-order valence-corrected chi connectivity index (χ3v) is 8.14. The van der Waals surface area contributed by atoms with Crippen molar-refractivity contribution in [2.24, 2.45) is 0 Å². The van der Waals surface area contributed by atoms with E-state index in [-0.39, 0.29) is 29.6 Å². The van der Waals surface area contributed by atoms with Crippen LogP contribution in [0.1, 0.15) is 89.7 Å². The van der Waals surface area contributed by atoms with Crippen LogP contribution >= 0.6 is 0 Å². The summed E-state index contributed by atoms with van der Waals surface area (Å²) in [5.41, 5.74) is 5.10. The second-order valence-corrected chi connectivity index (χ2v) is 11.3. The Morgan fingerprint density at radius 2 is 1.26 bits per heavy atom. The molecule has 1 aromatic heterocycles. The van der Waals surface area contributed by atoms with Crippen LogP contribution in [0.3, 0.4) is 0 Å². The van der Waals surface area contributed by atoms with Gasteiger partial charge in [-0.3, -0.25) is 0 Å². The van der Waals surface area contributed by atoms with E-state index in [1.54, 1.807) is 0 Å². The van der Waals surface area contributed by atoms with E-state index in [0.717, 1.165) is 25.7 Å². The van der Waals surface area contributed by atoms with Gasteiger partial charge in [0, 0.05) is 22.6 Å². The Kier molecular flexibility index (Phi) is 12.1. The fourth-order valence-electron chi connectivity index (χ4n) is 4.93. The Labute approximate surface area is 228 Å². The Bertz CT molecular complexity index is 1080. The summed E-state index contributed by atoms with van der Waals surface area (Å²) in [5, 5.41) is 1.59. The van der Waals surface area contributed by atoms with Crippen molar-refractivity contribution < 1.29 is 42.5 Å². The third kappa shape index (κ3) is 7.33. The maximum absolute atomic E-state index is 11.6. The van der Waals surface area contributed by atoms with Gasteiger partial charge in [-0.05, 0) is 50.2 Å². The summed E-state index contributed by atoms with van der Waals surface area (Å²) in [7, 11) is -4.29. The predicted molar refractivity (Wildman–Crippen MR) is 139 cm³/mol. The topological polar surface area (TPSA) is 62.1 Å². The second-order valence-electron chi connectivity index (χ2n) is 9.49. The minimum Gasteiger partial charge on any atom is -0.748 e. The zero-order valence-electron chi connectivity index (χ0n) is 21.6. The molecule has 0 amide bonds. The molecule has 2 aromatic carbocycles. The number of unbranched alkanes of at least 4 members (excludes halogenated alkanes) is 6. The van der Waals surface area contributed by atoms with Gasteiger partial charge in [0.05, 0.1) is 21.2 Å². The molecule has 1 unspecified atom stereocenters. The number of fused-ring (bicyclic) bond motifs is 3. The van der Waals surface area contributed by atoms with Crippen molar-refractivity contribution in [2.45, 2.75) is 103 Å². The first-order chi connectivity index (χ1) is 15.9. The second kappa shape index (κ2) is 14.0. The molecule has 0 saturated heterocycles. The van der Waals surface area contributed by atoms with Crippen LogP contribution < -0.4 is 29.6 Å². The van der Waals surface area contributed by atoms with Crippen LogP contribution in [0.15, 0.2) is 36.4 Å². The van der Waals surface area contributed by atoms with Gasteiger partial charge in [-0.15, -0.1) is 0 Å². The summed E-state index contributed by atoms with van der Waals surface area (Å²) < 4.78 is 37.1. The monoisotopic (exact) mass is 493 g/mol. The van der Waals surface area contributed by atoms with Crippen LogP contribution in [0, 0.1) is 0 Å². The zero-order chi connectivity index (χ0) is 23.8. The molecule has 3 aromatic rings. The summed E-state index contributed by atoms with van der Waals surface area (Å²) in [6.07, 6.45) is 12.1. The number of rotatable bonds is 14. The van der Waals surface area contributed by atoms with E-state index in [0.29, 0.717) is 13.0 Å². The number of para-hydroxylation sites is 2. The van der Waals surface area contributed by atoms with E-state index in [1.807, 2.05) is 0 Å². The van der Waals surface area contributed by atoms with Crippen molar-refractivity contribution in [3.05, 3.63) is 47.5 Å². The largest absolute Gasteiger partial charge is 1.00 e. The maximum atomic E-state index is 11.6. The first-order valence-corrected chi connectivity index (χ1v) is 14.3. The number of nitrogens with zero attached hydrogens (tertiary/aromatic N) is 1. The van der Waals surface area contributed by atoms with Crippen LogP contribution in [0.5, 0.6) is 0 Å². The molecule has 0 aliphatic heterocycles. The van der Waals surface area contributed by atoms with Gasteiger partial charge in [-0.2, -0.15) is 0 Å². The molecule has 0 spiro atoms. The normalized spacial score (nSPS) is 12.8. The van der Waals surface area contributed by atoms with Crippen molar-refractivity contribution in [3.63, 3.8) is 0 Å². The van der Waals surface area contributed by atoms with Gasteiger partial charge in [0.1, 0.15) is 0 Å². The van der Waals surface area contributed by atoms with E-state index < -0.39 is 15.4 Å². The Morgan fingerprint density at radius 1 is 0.794 bits per heavy atom. The average molecular weight is 494 g/mol. The van der Waals surface area contributed by atoms with Crippen LogP contribution in [0.25, 0.3) is 21.8 Å². The molecule has 3 rings (SSSR count). The molecule has 1 atom stereocenters. The van der Waals surface area contributed by atoms with Gasteiger partial charge in [0.15, 0.2) is 0 Å². The number of aryl methyl sites for hydroxylation is 3. The van der Waals surface area contributed by atoms with Crippen LogP contribution in [-0.2, 0) is 29.5 Å². The van der Waals surface area contributed by atoms with Crippen molar-refractivity contribution in [1.82, 2.24) is 4.57 Å². The van der Waals surface area contributed by atoms with E-state index in [2.05, 4.69) is 54.8 Å². The van der Waals surface area contributed by atoms with E-state index in [1.165, 1.54) is 78.4 Å². The molecule has 34 heavy (non-hydrogen) atoms. The SMILES string of the molecule is CCCCCCc1cccc2c3cccc(CCCCCC)c3n(CCC(C)S(=O)(=O)[O-])c12.[Na+]. The molecule has 0 N–H and O–H groups in total. The molecule has 4 nitrogen and oxygen atoms in total. The molecular formula is C28H40NNaO3S. The number of hydrogen-bond donors (Lipinski definition) is 0. The van der Waals surface area contributed by atoms with E-state index in [4.69, 9.17) is 0 Å². The summed E-state index contributed by atoms with van der Waals surface area (Å²) in [6, 6.07) is 13.1. The molecule has 0 fully saturated rings. The van der Waals surface area contributed by atoms with Gasteiger partial charge in [0.25, 0.3) is 0 Å². The molecule has 0 aliphatic rings. The van der Waals surface area contributed by atoms with Gasteiger partial charge >= 0.3 is 29.6 Å². The standard InChI is InChI=1S/C28H41NO3S.Na/c1-4-6-8-10-14-23-16-12-18-25-26-19-13-17-24(15-11-9-7-5-2)28(26)29(27(23)25)21-20-22(3)33(30,31)32;/h12-13,16-19,22H,4-11,14-15,20-21H2,1-3H3,(H,30,31,32);/q;+1/p-1. The smallest absolute Gasteiger partial charge is 0.748 e. The van der Waals surface area contributed by atoms with Crippen molar-refractivity contribution >= 4 is 31.9 Å². The summed E-state index contributed by atoms with van der Waals surface area (Å²) in [4.78, 5) is 0. The quantitative estimate of drug-likeness (QED) is 0.190. The fourth-order valence-corrected chi connectivity index (χ4v) is 5.33. The Morgan fingerprint density at radius 3 is 1.68 bits per heavy atom. The maximum Gasteiger partial charge on any atom is 1.00 e. The van der Waals surface area contributed by atoms with Crippen LogP contribution in [0.2, 0.25) is 0 Å². The van der Waals surface area contributed by atoms with Gasteiger partial charge < -0.3 is 9.12 Å². The summed E-state index contributed by atoms with van der Waals surface area (Å²) in [6.45, 7) is 6.53. The minimum atomic E-state index is -4.29. The fraction of sp³-hybridized carbons (Fsp3) is 0.571.